The van der Waals surface area contributed by atoms with Crippen LogP contribution in [-0.2, 0) is 0 Å². The monoisotopic (exact) mass is 281 g/mol. The smallest absolute Gasteiger partial charge is 0.231 e. The van der Waals surface area contributed by atoms with Gasteiger partial charge in [0.25, 0.3) is 0 Å². The van der Waals surface area contributed by atoms with E-state index in [0.717, 1.165) is 22.1 Å². The van der Waals surface area contributed by atoms with E-state index < -0.39 is 0 Å². The lowest BCUT2D eigenvalue weighted by molar-refractivity contribution is 0.755. The standard InChI is InChI=1S/C14H15N7/c1-7(2)11-10-12(15)18-19-13(10)21(20-11)14-16-8-5-3-4-6-9(8)17-14/h3-7H,1-2H3,(H,16,17)(H3,15,18,19). The van der Waals surface area contributed by atoms with Crippen LogP contribution >= 0.6 is 0 Å². The molecule has 4 aromatic rings. The fourth-order valence-corrected chi connectivity index (χ4v) is 2.55. The summed E-state index contributed by atoms with van der Waals surface area (Å²) in [5.41, 5.74) is 9.44. The van der Waals surface area contributed by atoms with Crippen molar-refractivity contribution in [3.8, 4) is 5.95 Å². The van der Waals surface area contributed by atoms with Crippen molar-refractivity contribution in [2.24, 2.45) is 0 Å². The van der Waals surface area contributed by atoms with Gasteiger partial charge >= 0.3 is 0 Å². The molecule has 0 saturated carbocycles. The van der Waals surface area contributed by atoms with Gasteiger partial charge in [-0.1, -0.05) is 26.0 Å². The summed E-state index contributed by atoms with van der Waals surface area (Å²) >= 11 is 0. The summed E-state index contributed by atoms with van der Waals surface area (Å²) in [4.78, 5) is 7.83. The highest BCUT2D eigenvalue weighted by Crippen LogP contribution is 2.29. The molecule has 0 aliphatic carbocycles. The maximum atomic E-state index is 5.98. The number of aromatic nitrogens is 6. The van der Waals surface area contributed by atoms with Crippen molar-refractivity contribution < 1.29 is 0 Å². The normalized spacial score (nSPS) is 12.0. The van der Waals surface area contributed by atoms with Gasteiger partial charge in [0.1, 0.15) is 5.82 Å². The van der Waals surface area contributed by atoms with Crippen LogP contribution < -0.4 is 5.73 Å². The Morgan fingerprint density at radius 2 is 2.05 bits per heavy atom. The first-order valence-corrected chi connectivity index (χ1v) is 6.82. The van der Waals surface area contributed by atoms with Gasteiger partial charge in [0.15, 0.2) is 5.65 Å². The van der Waals surface area contributed by atoms with E-state index in [2.05, 4.69) is 39.1 Å². The molecule has 3 heterocycles. The summed E-state index contributed by atoms with van der Waals surface area (Å²) in [7, 11) is 0. The number of anilines is 1. The largest absolute Gasteiger partial charge is 0.383 e. The first kappa shape index (κ1) is 12.0. The van der Waals surface area contributed by atoms with Crippen molar-refractivity contribution in [1.29, 1.82) is 0 Å². The van der Waals surface area contributed by atoms with Crippen molar-refractivity contribution in [3.05, 3.63) is 30.0 Å². The lowest BCUT2D eigenvalue weighted by Gasteiger charge is -1.99. The fraction of sp³-hybridized carbons (Fsp3) is 0.214. The maximum Gasteiger partial charge on any atom is 0.231 e. The average Bonchev–Trinajstić information content (AvgIpc) is 3.13. The van der Waals surface area contributed by atoms with Gasteiger partial charge in [-0.25, -0.2) is 4.98 Å². The third-order valence-corrected chi connectivity index (χ3v) is 3.56. The predicted octanol–water partition coefficient (Wildman–Crippen LogP) is 2.33. The van der Waals surface area contributed by atoms with Crippen LogP contribution in [0.5, 0.6) is 0 Å². The molecule has 4 N–H and O–H groups in total. The second kappa shape index (κ2) is 4.08. The van der Waals surface area contributed by atoms with E-state index in [1.165, 1.54) is 0 Å². The Morgan fingerprint density at radius 1 is 1.24 bits per heavy atom. The number of benzene rings is 1. The molecule has 4 rings (SSSR count). The van der Waals surface area contributed by atoms with Crippen molar-refractivity contribution >= 4 is 27.9 Å². The van der Waals surface area contributed by atoms with Crippen molar-refractivity contribution in [2.45, 2.75) is 19.8 Å². The number of rotatable bonds is 2. The number of H-pyrrole nitrogens is 2. The van der Waals surface area contributed by atoms with Crippen LogP contribution in [0.2, 0.25) is 0 Å². The first-order chi connectivity index (χ1) is 10.1. The molecule has 0 fully saturated rings. The van der Waals surface area contributed by atoms with Crippen LogP contribution in [0.4, 0.5) is 5.82 Å². The second-order valence-corrected chi connectivity index (χ2v) is 5.37. The Hall–Kier alpha value is -2.83. The summed E-state index contributed by atoms with van der Waals surface area (Å²) < 4.78 is 1.71. The topological polar surface area (TPSA) is 101 Å². The number of nitrogen functional groups attached to an aromatic ring is 1. The molecule has 0 saturated heterocycles. The lowest BCUT2D eigenvalue weighted by Crippen LogP contribution is -2.01. The Kier molecular flexibility index (Phi) is 2.32. The van der Waals surface area contributed by atoms with Gasteiger partial charge in [0.2, 0.25) is 5.95 Å². The molecule has 0 bridgehead atoms. The van der Waals surface area contributed by atoms with Gasteiger partial charge < -0.3 is 10.7 Å². The molecule has 0 spiro atoms. The molecule has 0 radical (unpaired) electrons. The van der Waals surface area contributed by atoms with E-state index in [1.807, 2.05) is 24.3 Å². The highest BCUT2D eigenvalue weighted by Gasteiger charge is 2.21. The summed E-state index contributed by atoms with van der Waals surface area (Å²) in [6.07, 6.45) is 0. The highest BCUT2D eigenvalue weighted by atomic mass is 15.4. The maximum absolute atomic E-state index is 5.98. The minimum absolute atomic E-state index is 0.248. The molecular weight excluding hydrogens is 266 g/mol. The Labute approximate surface area is 120 Å². The SMILES string of the molecule is CC(C)c1nn(-c2nc3ccccc3[nH]2)c2n[nH]c(N)c12. The third kappa shape index (κ3) is 1.63. The number of aromatic amines is 2. The van der Waals surface area contributed by atoms with Crippen molar-refractivity contribution in [2.75, 3.05) is 5.73 Å². The quantitative estimate of drug-likeness (QED) is 0.525. The van der Waals surface area contributed by atoms with E-state index in [0.29, 0.717) is 17.4 Å². The van der Waals surface area contributed by atoms with Crippen LogP contribution in [0.3, 0.4) is 0 Å². The molecule has 3 aromatic heterocycles. The van der Waals surface area contributed by atoms with E-state index in [9.17, 15) is 0 Å². The van der Waals surface area contributed by atoms with Gasteiger partial charge in [0.05, 0.1) is 22.1 Å². The van der Waals surface area contributed by atoms with Gasteiger partial charge in [-0.15, -0.1) is 0 Å². The van der Waals surface area contributed by atoms with Crippen LogP contribution in [-0.4, -0.2) is 29.9 Å². The van der Waals surface area contributed by atoms with Crippen LogP contribution in [0.1, 0.15) is 25.5 Å². The van der Waals surface area contributed by atoms with E-state index in [1.54, 1.807) is 4.68 Å². The number of nitrogens with one attached hydrogen (secondary N) is 2. The molecule has 0 aliphatic rings. The number of hydrogen-bond donors (Lipinski definition) is 3. The lowest BCUT2D eigenvalue weighted by atomic mass is 10.1. The zero-order chi connectivity index (χ0) is 14.6. The molecule has 0 amide bonds. The van der Waals surface area contributed by atoms with Crippen LogP contribution in [0, 0.1) is 0 Å². The zero-order valence-electron chi connectivity index (χ0n) is 11.8. The summed E-state index contributed by atoms with van der Waals surface area (Å²) in [6.45, 7) is 4.16. The molecule has 21 heavy (non-hydrogen) atoms. The minimum Gasteiger partial charge on any atom is -0.383 e. The Morgan fingerprint density at radius 3 is 2.81 bits per heavy atom. The molecule has 0 atom stereocenters. The van der Waals surface area contributed by atoms with E-state index >= 15 is 0 Å². The third-order valence-electron chi connectivity index (χ3n) is 3.56. The van der Waals surface area contributed by atoms with Gasteiger partial charge in [-0.2, -0.15) is 14.9 Å². The Balaban J connectivity index is 2.01. The average molecular weight is 281 g/mol. The zero-order valence-corrected chi connectivity index (χ0v) is 11.8. The summed E-state index contributed by atoms with van der Waals surface area (Å²) in [5.74, 6) is 1.42. The molecule has 0 unspecified atom stereocenters. The molecular formula is C14H15N7. The number of hydrogen-bond acceptors (Lipinski definition) is 4. The number of fused-ring (bicyclic) bond motifs is 2. The number of imidazole rings is 1. The number of nitrogens with two attached hydrogens (primary N) is 1. The van der Waals surface area contributed by atoms with Crippen molar-refractivity contribution in [1.82, 2.24) is 29.9 Å². The number of nitrogens with zero attached hydrogens (tertiary/aromatic N) is 4. The molecule has 0 aliphatic heterocycles. The first-order valence-electron chi connectivity index (χ1n) is 6.82. The number of para-hydroxylation sites is 2. The van der Waals surface area contributed by atoms with Crippen LogP contribution in [0.15, 0.2) is 24.3 Å². The van der Waals surface area contributed by atoms with Crippen LogP contribution in [0.25, 0.3) is 28.0 Å². The molecule has 7 heteroatoms. The highest BCUT2D eigenvalue weighted by molar-refractivity contribution is 5.90. The van der Waals surface area contributed by atoms with Gasteiger partial charge in [-0.05, 0) is 18.1 Å². The summed E-state index contributed by atoms with van der Waals surface area (Å²) in [5, 5.41) is 12.6. The fourth-order valence-electron chi connectivity index (χ4n) is 2.55. The minimum atomic E-state index is 0.248. The van der Waals surface area contributed by atoms with Gasteiger partial charge in [-0.3, -0.25) is 5.10 Å². The predicted molar refractivity (Wildman–Crippen MR) is 81.4 cm³/mol. The van der Waals surface area contributed by atoms with Crippen molar-refractivity contribution in [3.63, 3.8) is 0 Å². The Bertz CT molecular complexity index is 908. The van der Waals surface area contributed by atoms with E-state index in [4.69, 9.17) is 5.73 Å². The summed E-state index contributed by atoms with van der Waals surface area (Å²) in [6, 6.07) is 7.86. The molecule has 7 nitrogen and oxygen atoms in total. The second-order valence-electron chi connectivity index (χ2n) is 5.37. The van der Waals surface area contributed by atoms with E-state index in [-0.39, 0.29) is 5.92 Å². The molecule has 106 valence electrons. The molecule has 1 aromatic carbocycles. The van der Waals surface area contributed by atoms with Gasteiger partial charge in [0, 0.05) is 0 Å².